The van der Waals surface area contributed by atoms with E-state index in [9.17, 15) is 9.59 Å². The van der Waals surface area contributed by atoms with Crippen LogP contribution < -0.4 is 5.32 Å². The number of anilines is 1. The number of amides is 1. The standard InChI is InChI=1S/C17H14ClN5O3/c1-11-14(18)6-3-7-15(11)20-16(24)9-26-17(25)12-4-2-5-13(8-12)23-10-19-21-22-23/h2-8,10H,9H2,1H3,(H,20,24). The Hall–Kier alpha value is -3.26. The quantitative estimate of drug-likeness (QED) is 0.691. The zero-order chi connectivity index (χ0) is 18.5. The van der Waals surface area contributed by atoms with Gasteiger partial charge in [0, 0.05) is 10.7 Å². The molecule has 0 aliphatic heterocycles. The molecule has 1 N–H and O–H groups in total. The van der Waals surface area contributed by atoms with E-state index in [1.54, 1.807) is 49.4 Å². The van der Waals surface area contributed by atoms with Crippen molar-refractivity contribution in [3.63, 3.8) is 0 Å². The van der Waals surface area contributed by atoms with E-state index in [0.717, 1.165) is 5.56 Å². The smallest absolute Gasteiger partial charge is 0.338 e. The second kappa shape index (κ2) is 7.75. The Kier molecular flexibility index (Phi) is 5.23. The number of halogens is 1. The maximum absolute atomic E-state index is 12.2. The van der Waals surface area contributed by atoms with Gasteiger partial charge in [0.2, 0.25) is 0 Å². The summed E-state index contributed by atoms with van der Waals surface area (Å²) >= 11 is 6.01. The number of nitrogens with zero attached hydrogens (tertiary/aromatic N) is 4. The van der Waals surface area contributed by atoms with Gasteiger partial charge in [-0.3, -0.25) is 4.79 Å². The van der Waals surface area contributed by atoms with Crippen LogP contribution in [0.4, 0.5) is 5.69 Å². The Balaban J connectivity index is 1.61. The van der Waals surface area contributed by atoms with E-state index in [1.165, 1.54) is 11.0 Å². The SMILES string of the molecule is Cc1c(Cl)cccc1NC(=O)COC(=O)c1cccc(-n2cnnn2)c1. The van der Waals surface area contributed by atoms with E-state index >= 15 is 0 Å². The van der Waals surface area contributed by atoms with E-state index in [4.69, 9.17) is 16.3 Å². The van der Waals surface area contributed by atoms with Crippen LogP contribution in [0, 0.1) is 6.92 Å². The molecule has 26 heavy (non-hydrogen) atoms. The number of benzene rings is 2. The third-order valence-electron chi connectivity index (χ3n) is 3.57. The lowest BCUT2D eigenvalue weighted by Gasteiger charge is -2.10. The second-order valence-corrected chi connectivity index (χ2v) is 5.75. The minimum Gasteiger partial charge on any atom is -0.452 e. The molecule has 3 aromatic rings. The monoisotopic (exact) mass is 371 g/mol. The van der Waals surface area contributed by atoms with Crippen molar-refractivity contribution in [3.8, 4) is 5.69 Å². The summed E-state index contributed by atoms with van der Waals surface area (Å²) in [5.74, 6) is -1.08. The number of esters is 1. The van der Waals surface area contributed by atoms with E-state index < -0.39 is 18.5 Å². The van der Waals surface area contributed by atoms with Gasteiger partial charge in [0.1, 0.15) is 6.33 Å². The molecule has 0 aliphatic carbocycles. The zero-order valence-electron chi connectivity index (χ0n) is 13.7. The number of hydrogen-bond acceptors (Lipinski definition) is 6. The molecular formula is C17H14ClN5O3. The normalized spacial score (nSPS) is 10.4. The molecule has 0 bridgehead atoms. The number of rotatable bonds is 5. The van der Waals surface area contributed by atoms with Crippen LogP contribution in [0.3, 0.4) is 0 Å². The Morgan fingerprint density at radius 1 is 1.23 bits per heavy atom. The number of carbonyl (C=O) groups is 2. The molecule has 0 saturated carbocycles. The highest BCUT2D eigenvalue weighted by Gasteiger charge is 2.13. The highest BCUT2D eigenvalue weighted by Crippen LogP contribution is 2.22. The van der Waals surface area contributed by atoms with Gasteiger partial charge < -0.3 is 10.1 Å². The summed E-state index contributed by atoms with van der Waals surface area (Å²) in [7, 11) is 0. The molecule has 0 radical (unpaired) electrons. The van der Waals surface area contributed by atoms with Crippen molar-refractivity contribution in [3.05, 3.63) is 64.9 Å². The molecule has 0 spiro atoms. The van der Waals surface area contributed by atoms with Gasteiger partial charge in [-0.05, 0) is 53.2 Å². The minimum atomic E-state index is -0.627. The van der Waals surface area contributed by atoms with Crippen LogP contribution in [0.5, 0.6) is 0 Å². The Bertz CT molecular complexity index is 943. The maximum Gasteiger partial charge on any atom is 0.338 e. The van der Waals surface area contributed by atoms with Crippen LogP contribution >= 0.6 is 11.6 Å². The molecule has 0 unspecified atom stereocenters. The molecule has 2 aromatic carbocycles. The molecule has 8 nitrogen and oxygen atoms in total. The van der Waals surface area contributed by atoms with Crippen molar-refractivity contribution in [2.75, 3.05) is 11.9 Å². The Morgan fingerprint density at radius 2 is 2.04 bits per heavy atom. The number of carbonyl (C=O) groups excluding carboxylic acids is 2. The van der Waals surface area contributed by atoms with Gasteiger partial charge in [0.25, 0.3) is 5.91 Å². The summed E-state index contributed by atoms with van der Waals surface area (Å²) in [5.41, 5.74) is 2.19. The summed E-state index contributed by atoms with van der Waals surface area (Å²) in [4.78, 5) is 24.2. The molecule has 0 fully saturated rings. The Morgan fingerprint density at radius 3 is 2.81 bits per heavy atom. The van der Waals surface area contributed by atoms with E-state index in [0.29, 0.717) is 16.4 Å². The largest absolute Gasteiger partial charge is 0.452 e. The summed E-state index contributed by atoms with van der Waals surface area (Å²) in [6.45, 7) is 1.37. The van der Waals surface area contributed by atoms with Gasteiger partial charge in [-0.2, -0.15) is 0 Å². The van der Waals surface area contributed by atoms with Crippen molar-refractivity contribution >= 4 is 29.2 Å². The van der Waals surface area contributed by atoms with Crippen molar-refractivity contribution in [1.82, 2.24) is 20.2 Å². The number of ether oxygens (including phenoxy) is 1. The molecule has 3 rings (SSSR count). The molecule has 0 atom stereocenters. The first kappa shape index (κ1) is 17.6. The van der Waals surface area contributed by atoms with Crippen molar-refractivity contribution in [2.45, 2.75) is 6.92 Å². The van der Waals surface area contributed by atoms with Crippen LogP contribution in [0.25, 0.3) is 5.69 Å². The van der Waals surface area contributed by atoms with Crippen LogP contribution in [-0.2, 0) is 9.53 Å². The molecule has 0 saturated heterocycles. The van der Waals surface area contributed by atoms with E-state index in [1.807, 2.05) is 0 Å². The second-order valence-electron chi connectivity index (χ2n) is 5.34. The number of aromatic nitrogens is 4. The lowest BCUT2D eigenvalue weighted by molar-refractivity contribution is -0.119. The van der Waals surface area contributed by atoms with Crippen LogP contribution in [0.15, 0.2) is 48.8 Å². The number of nitrogens with one attached hydrogen (secondary N) is 1. The van der Waals surface area contributed by atoms with Crippen LogP contribution in [-0.4, -0.2) is 38.7 Å². The molecule has 1 heterocycles. The fraction of sp³-hybridized carbons (Fsp3) is 0.118. The maximum atomic E-state index is 12.2. The summed E-state index contributed by atoms with van der Waals surface area (Å²) < 4.78 is 6.47. The fourth-order valence-electron chi connectivity index (χ4n) is 2.20. The molecule has 132 valence electrons. The van der Waals surface area contributed by atoms with Crippen molar-refractivity contribution in [2.24, 2.45) is 0 Å². The molecule has 1 aromatic heterocycles. The van der Waals surface area contributed by atoms with Crippen molar-refractivity contribution < 1.29 is 14.3 Å². The topological polar surface area (TPSA) is 99.0 Å². The third-order valence-corrected chi connectivity index (χ3v) is 3.98. The van der Waals surface area contributed by atoms with Crippen molar-refractivity contribution in [1.29, 1.82) is 0 Å². The van der Waals surface area contributed by atoms with Crippen LogP contribution in [0.2, 0.25) is 5.02 Å². The first-order valence-electron chi connectivity index (χ1n) is 7.60. The van der Waals surface area contributed by atoms with E-state index in [-0.39, 0.29) is 5.56 Å². The van der Waals surface area contributed by atoms with Gasteiger partial charge in [0.05, 0.1) is 11.3 Å². The number of hydrogen-bond donors (Lipinski definition) is 1. The average molecular weight is 372 g/mol. The van der Waals surface area contributed by atoms with Crippen LogP contribution in [0.1, 0.15) is 15.9 Å². The molecule has 1 amide bonds. The van der Waals surface area contributed by atoms with Gasteiger partial charge in [-0.1, -0.05) is 23.7 Å². The van der Waals surface area contributed by atoms with Gasteiger partial charge in [-0.25, -0.2) is 9.48 Å². The predicted molar refractivity (Wildman–Crippen MR) is 94.3 cm³/mol. The predicted octanol–water partition coefficient (Wildman–Crippen LogP) is 2.42. The van der Waals surface area contributed by atoms with Gasteiger partial charge in [-0.15, -0.1) is 5.10 Å². The van der Waals surface area contributed by atoms with Gasteiger partial charge in [0.15, 0.2) is 6.61 Å². The summed E-state index contributed by atoms with van der Waals surface area (Å²) in [5, 5.41) is 14.0. The zero-order valence-corrected chi connectivity index (χ0v) is 14.5. The fourth-order valence-corrected chi connectivity index (χ4v) is 2.37. The Labute approximate surface area is 153 Å². The highest BCUT2D eigenvalue weighted by molar-refractivity contribution is 6.31. The highest BCUT2D eigenvalue weighted by atomic mass is 35.5. The lowest BCUT2D eigenvalue weighted by atomic mass is 10.2. The average Bonchev–Trinajstić information content (AvgIpc) is 3.18. The summed E-state index contributed by atoms with van der Waals surface area (Å²) in [6.07, 6.45) is 1.41. The third kappa shape index (κ3) is 4.04. The molecule has 0 aliphatic rings. The number of tetrazole rings is 1. The van der Waals surface area contributed by atoms with Gasteiger partial charge >= 0.3 is 5.97 Å². The lowest BCUT2D eigenvalue weighted by Crippen LogP contribution is -2.21. The first-order chi connectivity index (χ1) is 12.5. The summed E-state index contributed by atoms with van der Waals surface area (Å²) in [6, 6.07) is 11.7. The molecule has 9 heteroatoms. The minimum absolute atomic E-state index is 0.282. The molecular weight excluding hydrogens is 358 g/mol. The first-order valence-corrected chi connectivity index (χ1v) is 7.98. The van der Waals surface area contributed by atoms with E-state index in [2.05, 4.69) is 20.8 Å².